The van der Waals surface area contributed by atoms with E-state index in [4.69, 9.17) is 19.4 Å². The number of carboxylic acid groups (broad SMARTS) is 1. The molecule has 3 aliphatic rings. The average molecular weight is 444 g/mol. The van der Waals surface area contributed by atoms with Crippen molar-refractivity contribution in [3.8, 4) is 0 Å². The molecule has 1 N–H and O–H groups in total. The first-order valence-corrected chi connectivity index (χ1v) is 10.4. The van der Waals surface area contributed by atoms with Gasteiger partial charge in [0.2, 0.25) is 5.91 Å². The van der Waals surface area contributed by atoms with Crippen LogP contribution in [0.15, 0.2) is 24.4 Å². The number of amides is 1. The number of aliphatic carboxylic acids is 1. The predicted octanol–water partition coefficient (Wildman–Crippen LogP) is 3.18. The van der Waals surface area contributed by atoms with E-state index in [0.717, 1.165) is 44.5 Å². The Balaban J connectivity index is 0.000000339. The number of carbonyl (C=O) groups is 2. The smallest absolute Gasteiger partial charge is 0.475 e. The number of ether oxygens (including phenoxy) is 2. The molecule has 31 heavy (non-hydrogen) atoms. The highest BCUT2D eigenvalue weighted by Gasteiger charge is 2.44. The number of nitrogens with zero attached hydrogens (tertiary/aromatic N) is 2. The second kappa shape index (κ2) is 9.95. The van der Waals surface area contributed by atoms with E-state index in [9.17, 15) is 18.0 Å². The van der Waals surface area contributed by atoms with Crippen LogP contribution in [-0.2, 0) is 25.7 Å². The molecule has 10 heteroatoms. The standard InChI is InChI=1S/C19H26N2O3.C2HF3O2/c22-18(11-15-4-5-15)21-9-6-19(7-10-21)12-17(14-24-19)23-13-16-3-1-2-8-20-16;3-2(4,5)1(6)7/h1-3,8,15,17H,4-7,9-14H2;(H,6,7). The molecule has 1 aromatic heterocycles. The molecule has 1 atom stereocenters. The Morgan fingerprint density at radius 1 is 1.26 bits per heavy atom. The van der Waals surface area contributed by atoms with Crippen LogP contribution < -0.4 is 0 Å². The molecule has 1 amide bonds. The van der Waals surface area contributed by atoms with E-state index in [1.54, 1.807) is 6.20 Å². The van der Waals surface area contributed by atoms with Gasteiger partial charge in [-0.2, -0.15) is 13.2 Å². The maximum Gasteiger partial charge on any atom is 0.490 e. The number of hydrogen-bond donors (Lipinski definition) is 1. The Labute approximate surface area is 178 Å². The molecule has 1 spiro atoms. The van der Waals surface area contributed by atoms with Crippen molar-refractivity contribution in [2.24, 2.45) is 5.92 Å². The van der Waals surface area contributed by atoms with Gasteiger partial charge in [-0.1, -0.05) is 6.07 Å². The minimum Gasteiger partial charge on any atom is -0.475 e. The quantitative estimate of drug-likeness (QED) is 0.751. The summed E-state index contributed by atoms with van der Waals surface area (Å²) in [6.07, 6.45) is 2.89. The summed E-state index contributed by atoms with van der Waals surface area (Å²) in [5.41, 5.74) is 0.879. The fourth-order valence-corrected chi connectivity index (χ4v) is 3.81. The first-order chi connectivity index (χ1) is 14.7. The summed E-state index contributed by atoms with van der Waals surface area (Å²) in [6, 6.07) is 5.87. The van der Waals surface area contributed by atoms with Gasteiger partial charge in [0.25, 0.3) is 0 Å². The molecule has 0 aromatic carbocycles. The third kappa shape index (κ3) is 7.17. The van der Waals surface area contributed by atoms with E-state index in [1.807, 2.05) is 23.1 Å². The van der Waals surface area contributed by atoms with Gasteiger partial charge in [0.05, 0.1) is 30.6 Å². The van der Waals surface area contributed by atoms with Gasteiger partial charge >= 0.3 is 12.1 Å². The van der Waals surface area contributed by atoms with Crippen molar-refractivity contribution in [2.45, 2.75) is 63.0 Å². The van der Waals surface area contributed by atoms with Gasteiger partial charge in [-0.3, -0.25) is 9.78 Å². The predicted molar refractivity (Wildman–Crippen MR) is 103 cm³/mol. The van der Waals surface area contributed by atoms with Crippen LogP contribution in [0, 0.1) is 5.92 Å². The largest absolute Gasteiger partial charge is 0.490 e. The Kier molecular flexibility index (Phi) is 7.53. The highest BCUT2D eigenvalue weighted by atomic mass is 19.4. The number of likely N-dealkylation sites (tertiary alicyclic amines) is 1. The van der Waals surface area contributed by atoms with Crippen LogP contribution >= 0.6 is 0 Å². The van der Waals surface area contributed by atoms with Gasteiger partial charge in [0.15, 0.2) is 0 Å². The van der Waals surface area contributed by atoms with E-state index in [-0.39, 0.29) is 11.7 Å². The first kappa shape index (κ1) is 23.5. The van der Waals surface area contributed by atoms with Crippen LogP contribution in [0.3, 0.4) is 0 Å². The maximum atomic E-state index is 12.2. The number of hydrogen-bond acceptors (Lipinski definition) is 5. The summed E-state index contributed by atoms with van der Waals surface area (Å²) in [5.74, 6) is -1.75. The fraction of sp³-hybridized carbons (Fsp3) is 0.667. The van der Waals surface area contributed by atoms with Crippen molar-refractivity contribution in [3.63, 3.8) is 0 Å². The van der Waals surface area contributed by atoms with E-state index >= 15 is 0 Å². The minimum atomic E-state index is -5.08. The Bertz CT molecular complexity index is 747. The Hall–Kier alpha value is -2.20. The van der Waals surface area contributed by atoms with Crippen LogP contribution in [-0.4, -0.2) is 64.4 Å². The SMILES string of the molecule is O=C(CC1CC1)N1CCC2(CC1)CC(OCc1ccccn1)CO2.O=C(O)C(F)(F)F. The van der Waals surface area contributed by atoms with E-state index in [1.165, 1.54) is 12.8 Å². The zero-order valence-corrected chi connectivity index (χ0v) is 17.1. The molecule has 172 valence electrons. The molecule has 2 saturated heterocycles. The first-order valence-electron chi connectivity index (χ1n) is 10.4. The number of rotatable bonds is 5. The van der Waals surface area contributed by atoms with Crippen LogP contribution in [0.25, 0.3) is 0 Å². The third-order valence-corrected chi connectivity index (χ3v) is 5.80. The summed E-state index contributed by atoms with van der Waals surface area (Å²) in [4.78, 5) is 27.5. The Morgan fingerprint density at radius 2 is 1.94 bits per heavy atom. The summed E-state index contributed by atoms with van der Waals surface area (Å²) in [5, 5.41) is 7.12. The molecular formula is C21H27F3N2O5. The summed E-state index contributed by atoms with van der Waals surface area (Å²) < 4.78 is 43.8. The minimum absolute atomic E-state index is 0.0782. The van der Waals surface area contributed by atoms with Gasteiger partial charge in [-0.15, -0.1) is 0 Å². The fourth-order valence-electron chi connectivity index (χ4n) is 3.81. The lowest BCUT2D eigenvalue weighted by molar-refractivity contribution is -0.192. The van der Waals surface area contributed by atoms with Crippen molar-refractivity contribution >= 4 is 11.9 Å². The third-order valence-electron chi connectivity index (χ3n) is 5.80. The van der Waals surface area contributed by atoms with E-state index in [0.29, 0.717) is 25.0 Å². The monoisotopic (exact) mass is 444 g/mol. The molecule has 3 fully saturated rings. The number of halogens is 3. The molecule has 1 unspecified atom stereocenters. The maximum absolute atomic E-state index is 12.2. The summed E-state index contributed by atoms with van der Waals surface area (Å²) in [7, 11) is 0. The number of pyridine rings is 1. The van der Waals surface area contributed by atoms with Gasteiger partial charge in [-0.25, -0.2) is 4.79 Å². The van der Waals surface area contributed by atoms with Gasteiger partial charge in [0, 0.05) is 32.1 Å². The number of aromatic nitrogens is 1. The summed E-state index contributed by atoms with van der Waals surface area (Å²) in [6.45, 7) is 2.86. The number of carboxylic acids is 1. The van der Waals surface area contributed by atoms with Crippen LogP contribution in [0.2, 0.25) is 0 Å². The second-order valence-corrected chi connectivity index (χ2v) is 8.28. The van der Waals surface area contributed by atoms with E-state index < -0.39 is 12.1 Å². The zero-order chi connectivity index (χ0) is 22.5. The molecule has 3 heterocycles. The molecule has 1 aliphatic carbocycles. The van der Waals surface area contributed by atoms with Crippen molar-refractivity contribution < 1.29 is 37.3 Å². The highest BCUT2D eigenvalue weighted by molar-refractivity contribution is 5.76. The summed E-state index contributed by atoms with van der Waals surface area (Å²) >= 11 is 0. The van der Waals surface area contributed by atoms with Crippen molar-refractivity contribution in [1.29, 1.82) is 0 Å². The van der Waals surface area contributed by atoms with E-state index in [2.05, 4.69) is 4.98 Å². The molecule has 0 radical (unpaired) electrons. The van der Waals surface area contributed by atoms with Gasteiger partial charge in [-0.05, 0) is 43.7 Å². The molecule has 1 saturated carbocycles. The molecule has 7 nitrogen and oxygen atoms in total. The number of carbonyl (C=O) groups excluding carboxylic acids is 1. The normalized spacial score (nSPS) is 22.7. The molecular weight excluding hydrogens is 417 g/mol. The van der Waals surface area contributed by atoms with Crippen molar-refractivity contribution in [3.05, 3.63) is 30.1 Å². The van der Waals surface area contributed by atoms with Crippen LogP contribution in [0.5, 0.6) is 0 Å². The van der Waals surface area contributed by atoms with Gasteiger partial charge < -0.3 is 19.5 Å². The van der Waals surface area contributed by atoms with Crippen molar-refractivity contribution in [2.75, 3.05) is 19.7 Å². The Morgan fingerprint density at radius 3 is 2.48 bits per heavy atom. The second-order valence-electron chi connectivity index (χ2n) is 8.28. The lowest BCUT2D eigenvalue weighted by Crippen LogP contribution is -2.46. The number of piperidine rings is 1. The van der Waals surface area contributed by atoms with Crippen molar-refractivity contribution in [1.82, 2.24) is 9.88 Å². The lowest BCUT2D eigenvalue weighted by Gasteiger charge is -2.38. The van der Waals surface area contributed by atoms with Crippen LogP contribution in [0.1, 0.15) is 44.2 Å². The highest BCUT2D eigenvalue weighted by Crippen LogP contribution is 2.38. The molecule has 2 aliphatic heterocycles. The number of alkyl halides is 3. The van der Waals surface area contributed by atoms with Gasteiger partial charge in [0.1, 0.15) is 0 Å². The lowest BCUT2D eigenvalue weighted by atomic mass is 9.88. The zero-order valence-electron chi connectivity index (χ0n) is 17.1. The molecule has 4 rings (SSSR count). The average Bonchev–Trinajstić information content (AvgIpc) is 3.47. The van der Waals surface area contributed by atoms with Crippen LogP contribution in [0.4, 0.5) is 13.2 Å². The topological polar surface area (TPSA) is 89.0 Å². The molecule has 0 bridgehead atoms. The molecule has 1 aromatic rings.